The average Bonchev–Trinajstić information content (AvgIpc) is 3.39. The number of rotatable bonds is 2. The second kappa shape index (κ2) is 7.81. The third-order valence-corrected chi connectivity index (χ3v) is 7.45. The zero-order chi connectivity index (χ0) is 27.0. The number of furan rings is 1. The van der Waals surface area contributed by atoms with E-state index >= 15 is 0 Å². The number of benzene rings is 7. The fourth-order valence-electron chi connectivity index (χ4n) is 5.91. The van der Waals surface area contributed by atoms with E-state index in [0.717, 1.165) is 49.0 Å². The maximum Gasteiger partial charge on any atom is 0.136 e. The Morgan fingerprint density at radius 3 is 1.68 bits per heavy atom. The van der Waals surface area contributed by atoms with Crippen molar-refractivity contribution in [3.05, 3.63) is 133 Å². The second-order valence-electron chi connectivity index (χ2n) is 9.42. The standard InChI is InChI=1S/C36H22O/c1-2-13-24-23(11-1)12-9-19-25(24)34-26-14-3-5-16-28(26)35(29-17-6-4-15-27(29)34)31-20-10-22-33-36(31)30-18-7-8-21-32(30)37-33/h1-22H/i10D,20D,22D. The molecule has 1 nitrogen and oxygen atoms in total. The lowest BCUT2D eigenvalue weighted by molar-refractivity contribution is 0.669. The lowest BCUT2D eigenvalue weighted by Crippen LogP contribution is -1.92. The highest BCUT2D eigenvalue weighted by Crippen LogP contribution is 2.47. The largest absolute Gasteiger partial charge is 0.456 e. The molecule has 0 saturated carbocycles. The molecule has 1 aromatic heterocycles. The molecule has 0 aliphatic carbocycles. The van der Waals surface area contributed by atoms with Gasteiger partial charge in [0, 0.05) is 10.8 Å². The van der Waals surface area contributed by atoms with Crippen molar-refractivity contribution < 1.29 is 8.53 Å². The van der Waals surface area contributed by atoms with E-state index in [0.29, 0.717) is 16.7 Å². The molecule has 0 aliphatic rings. The molecule has 0 spiro atoms. The van der Waals surface area contributed by atoms with Crippen molar-refractivity contribution in [2.45, 2.75) is 0 Å². The van der Waals surface area contributed by atoms with Gasteiger partial charge in [-0.3, -0.25) is 0 Å². The Bertz CT molecular complexity index is 2250. The van der Waals surface area contributed by atoms with Gasteiger partial charge >= 0.3 is 0 Å². The first-order valence-electron chi connectivity index (χ1n) is 14.0. The van der Waals surface area contributed by atoms with Gasteiger partial charge in [-0.2, -0.15) is 0 Å². The summed E-state index contributed by atoms with van der Waals surface area (Å²) < 4.78 is 32.8. The van der Waals surface area contributed by atoms with E-state index in [1.807, 2.05) is 36.4 Å². The summed E-state index contributed by atoms with van der Waals surface area (Å²) >= 11 is 0. The minimum atomic E-state index is -0.132. The van der Waals surface area contributed by atoms with E-state index in [-0.39, 0.29) is 18.1 Å². The SMILES string of the molecule is [2H]c1c([2H])c(-c2c3ccccc3c(-c3cccc4ccccc34)c3ccccc23)c2c(oc3ccccc32)c1[2H]. The molecule has 0 radical (unpaired) electrons. The van der Waals surface area contributed by atoms with E-state index in [9.17, 15) is 1.37 Å². The van der Waals surface area contributed by atoms with Gasteiger partial charge in [0.25, 0.3) is 0 Å². The molecule has 0 fully saturated rings. The van der Waals surface area contributed by atoms with Crippen molar-refractivity contribution in [2.24, 2.45) is 0 Å². The van der Waals surface area contributed by atoms with Crippen LogP contribution in [-0.2, 0) is 0 Å². The van der Waals surface area contributed by atoms with E-state index in [1.165, 1.54) is 10.8 Å². The van der Waals surface area contributed by atoms with Crippen LogP contribution in [0, 0.1) is 0 Å². The van der Waals surface area contributed by atoms with Gasteiger partial charge in [0.15, 0.2) is 0 Å². The lowest BCUT2D eigenvalue weighted by Gasteiger charge is -2.19. The van der Waals surface area contributed by atoms with E-state index in [2.05, 4.69) is 78.9 Å². The van der Waals surface area contributed by atoms with Crippen molar-refractivity contribution >= 4 is 54.3 Å². The number of hydrogen-bond acceptors (Lipinski definition) is 1. The Balaban J connectivity index is 1.63. The molecule has 0 unspecified atom stereocenters. The molecule has 0 aliphatic heterocycles. The summed E-state index contributed by atoms with van der Waals surface area (Å²) in [5.41, 5.74) is 4.84. The number of hydrogen-bond donors (Lipinski definition) is 0. The Hall–Kier alpha value is -4.88. The van der Waals surface area contributed by atoms with Gasteiger partial charge < -0.3 is 4.42 Å². The highest BCUT2D eigenvalue weighted by Gasteiger charge is 2.20. The van der Waals surface area contributed by atoms with E-state index in [1.54, 1.807) is 0 Å². The van der Waals surface area contributed by atoms with Crippen LogP contribution in [0.1, 0.15) is 4.11 Å². The average molecular weight is 474 g/mol. The van der Waals surface area contributed by atoms with Crippen LogP contribution in [0.4, 0.5) is 0 Å². The van der Waals surface area contributed by atoms with Gasteiger partial charge in [0.1, 0.15) is 11.2 Å². The Morgan fingerprint density at radius 1 is 0.432 bits per heavy atom. The monoisotopic (exact) mass is 473 g/mol. The summed E-state index contributed by atoms with van der Waals surface area (Å²) in [5, 5.41) is 8.09. The first kappa shape index (κ1) is 17.5. The van der Waals surface area contributed by atoms with E-state index < -0.39 is 0 Å². The molecule has 7 aromatic carbocycles. The summed E-state index contributed by atoms with van der Waals surface area (Å²) in [6.45, 7) is 0. The molecule has 0 atom stereocenters. The van der Waals surface area contributed by atoms with Crippen molar-refractivity contribution in [3.8, 4) is 22.3 Å². The molecular formula is C36H22O. The maximum absolute atomic E-state index is 9.20. The van der Waals surface area contributed by atoms with Crippen molar-refractivity contribution in [1.29, 1.82) is 0 Å². The molecule has 0 bridgehead atoms. The van der Waals surface area contributed by atoms with Crippen LogP contribution in [0.3, 0.4) is 0 Å². The van der Waals surface area contributed by atoms with Crippen LogP contribution >= 0.6 is 0 Å². The summed E-state index contributed by atoms with van der Waals surface area (Å²) in [6.07, 6.45) is 0. The summed E-state index contributed by atoms with van der Waals surface area (Å²) in [7, 11) is 0. The lowest BCUT2D eigenvalue weighted by atomic mass is 9.84. The minimum absolute atomic E-state index is 0.0391. The van der Waals surface area contributed by atoms with Crippen LogP contribution in [0.5, 0.6) is 0 Å². The maximum atomic E-state index is 9.20. The first-order valence-corrected chi connectivity index (χ1v) is 12.5. The quantitative estimate of drug-likeness (QED) is 0.228. The zero-order valence-electron chi connectivity index (χ0n) is 22.9. The molecule has 0 N–H and O–H groups in total. The van der Waals surface area contributed by atoms with Gasteiger partial charge in [0.2, 0.25) is 0 Å². The van der Waals surface area contributed by atoms with Gasteiger partial charge in [-0.25, -0.2) is 0 Å². The predicted octanol–water partition coefficient (Wildman–Crippen LogP) is 10.4. The summed E-state index contributed by atoms with van der Waals surface area (Å²) in [5.74, 6) is 0. The summed E-state index contributed by atoms with van der Waals surface area (Å²) in [6, 6.07) is 39.1. The fourth-order valence-corrected chi connectivity index (χ4v) is 5.91. The van der Waals surface area contributed by atoms with Crippen molar-refractivity contribution in [3.63, 3.8) is 0 Å². The van der Waals surface area contributed by atoms with Crippen LogP contribution in [-0.4, -0.2) is 0 Å². The van der Waals surface area contributed by atoms with Gasteiger partial charge in [-0.15, -0.1) is 0 Å². The minimum Gasteiger partial charge on any atom is -0.456 e. The third-order valence-electron chi connectivity index (χ3n) is 7.45. The van der Waals surface area contributed by atoms with Crippen LogP contribution in [0.2, 0.25) is 0 Å². The molecule has 0 saturated heterocycles. The predicted molar refractivity (Wildman–Crippen MR) is 157 cm³/mol. The molecule has 0 amide bonds. The molecule has 8 aromatic rings. The molecule has 1 heteroatoms. The smallest absolute Gasteiger partial charge is 0.136 e. The topological polar surface area (TPSA) is 13.1 Å². The van der Waals surface area contributed by atoms with Crippen LogP contribution < -0.4 is 0 Å². The normalized spacial score (nSPS) is 12.9. The zero-order valence-corrected chi connectivity index (χ0v) is 19.9. The summed E-state index contributed by atoms with van der Waals surface area (Å²) in [4.78, 5) is 0. The van der Waals surface area contributed by atoms with Crippen LogP contribution in [0.25, 0.3) is 76.5 Å². The van der Waals surface area contributed by atoms with Crippen molar-refractivity contribution in [2.75, 3.05) is 0 Å². The van der Waals surface area contributed by atoms with E-state index in [4.69, 9.17) is 7.16 Å². The highest BCUT2D eigenvalue weighted by atomic mass is 16.3. The van der Waals surface area contributed by atoms with Gasteiger partial charge in [0.05, 0.1) is 4.11 Å². The molecule has 37 heavy (non-hydrogen) atoms. The molecule has 172 valence electrons. The first-order chi connectivity index (χ1) is 19.6. The fraction of sp³-hybridized carbons (Fsp3) is 0. The Morgan fingerprint density at radius 2 is 0.973 bits per heavy atom. The molecule has 1 heterocycles. The Labute approximate surface area is 218 Å². The highest BCUT2D eigenvalue weighted by molar-refractivity contribution is 6.26. The van der Waals surface area contributed by atoms with Gasteiger partial charge in [-0.1, -0.05) is 121 Å². The third kappa shape index (κ3) is 2.92. The van der Waals surface area contributed by atoms with Gasteiger partial charge in [-0.05, 0) is 66.7 Å². The Kier molecular flexibility index (Phi) is 3.70. The second-order valence-corrected chi connectivity index (χ2v) is 9.42. The number of fused-ring (bicyclic) bond motifs is 6. The van der Waals surface area contributed by atoms with Crippen molar-refractivity contribution in [1.82, 2.24) is 0 Å². The molecule has 8 rings (SSSR count). The molecular weight excluding hydrogens is 448 g/mol. The van der Waals surface area contributed by atoms with Crippen LogP contribution in [0.15, 0.2) is 138 Å². The number of para-hydroxylation sites is 1.